The maximum atomic E-state index is 12.6. The SMILES string of the molecule is COc1ccc(CCN(C)S(=O)(=O)c2ccc(C)cc2)cc1OC. The van der Waals surface area contributed by atoms with Gasteiger partial charge in [-0.3, -0.25) is 0 Å². The number of benzene rings is 2. The van der Waals surface area contributed by atoms with Crippen molar-refractivity contribution in [2.75, 3.05) is 27.8 Å². The zero-order valence-electron chi connectivity index (χ0n) is 14.4. The van der Waals surface area contributed by atoms with Gasteiger partial charge in [-0.2, -0.15) is 0 Å². The van der Waals surface area contributed by atoms with Crippen LogP contribution in [0.3, 0.4) is 0 Å². The van der Waals surface area contributed by atoms with Crippen molar-refractivity contribution in [2.45, 2.75) is 18.2 Å². The van der Waals surface area contributed by atoms with E-state index in [9.17, 15) is 8.42 Å². The zero-order valence-corrected chi connectivity index (χ0v) is 15.3. The van der Waals surface area contributed by atoms with Crippen LogP contribution in [0.5, 0.6) is 11.5 Å². The lowest BCUT2D eigenvalue weighted by Gasteiger charge is -2.18. The van der Waals surface area contributed by atoms with Crippen LogP contribution in [0.1, 0.15) is 11.1 Å². The molecule has 0 bridgehead atoms. The number of hydrogen-bond donors (Lipinski definition) is 0. The van der Waals surface area contributed by atoms with E-state index < -0.39 is 10.0 Å². The largest absolute Gasteiger partial charge is 0.493 e. The molecule has 5 nitrogen and oxygen atoms in total. The van der Waals surface area contributed by atoms with E-state index in [-0.39, 0.29) is 0 Å². The highest BCUT2D eigenvalue weighted by molar-refractivity contribution is 7.89. The molecule has 0 aliphatic heterocycles. The Labute approximate surface area is 143 Å². The van der Waals surface area contributed by atoms with E-state index in [1.165, 1.54) is 4.31 Å². The van der Waals surface area contributed by atoms with E-state index in [0.717, 1.165) is 11.1 Å². The average Bonchev–Trinajstić information content (AvgIpc) is 2.59. The summed E-state index contributed by atoms with van der Waals surface area (Å²) in [5.74, 6) is 1.29. The Morgan fingerprint density at radius 3 is 2.17 bits per heavy atom. The van der Waals surface area contributed by atoms with Crippen molar-refractivity contribution in [2.24, 2.45) is 0 Å². The second-order valence-electron chi connectivity index (χ2n) is 5.58. The van der Waals surface area contributed by atoms with E-state index in [4.69, 9.17) is 9.47 Å². The van der Waals surface area contributed by atoms with Gasteiger partial charge >= 0.3 is 0 Å². The predicted molar refractivity (Wildman–Crippen MR) is 94.2 cm³/mol. The van der Waals surface area contributed by atoms with Crippen LogP contribution >= 0.6 is 0 Å². The van der Waals surface area contributed by atoms with Gasteiger partial charge in [-0.15, -0.1) is 0 Å². The number of methoxy groups -OCH3 is 2. The van der Waals surface area contributed by atoms with Gasteiger partial charge in [0.2, 0.25) is 10.0 Å². The first-order valence-corrected chi connectivity index (χ1v) is 9.06. The normalized spacial score (nSPS) is 11.5. The maximum absolute atomic E-state index is 12.6. The highest BCUT2D eigenvalue weighted by Gasteiger charge is 2.20. The summed E-state index contributed by atoms with van der Waals surface area (Å²) in [5.41, 5.74) is 2.01. The molecule has 0 unspecified atom stereocenters. The van der Waals surface area contributed by atoms with Crippen LogP contribution < -0.4 is 9.47 Å². The Hall–Kier alpha value is -2.05. The Bertz CT molecular complexity index is 785. The smallest absolute Gasteiger partial charge is 0.242 e. The number of hydrogen-bond acceptors (Lipinski definition) is 4. The molecule has 0 aliphatic carbocycles. The number of likely N-dealkylation sites (N-methyl/N-ethyl adjacent to an activating group) is 1. The number of ether oxygens (including phenoxy) is 2. The Kier molecular flexibility index (Phi) is 5.85. The molecule has 2 rings (SSSR count). The summed E-state index contributed by atoms with van der Waals surface area (Å²) < 4.78 is 37.0. The first-order valence-electron chi connectivity index (χ1n) is 7.62. The third kappa shape index (κ3) is 4.07. The van der Waals surface area contributed by atoms with Gasteiger partial charge in [0.15, 0.2) is 11.5 Å². The van der Waals surface area contributed by atoms with Crippen LogP contribution in [0, 0.1) is 6.92 Å². The van der Waals surface area contributed by atoms with Gasteiger partial charge in [0.05, 0.1) is 19.1 Å². The first-order chi connectivity index (χ1) is 11.4. The third-order valence-electron chi connectivity index (χ3n) is 3.89. The molecule has 0 saturated heterocycles. The van der Waals surface area contributed by atoms with E-state index >= 15 is 0 Å². The minimum Gasteiger partial charge on any atom is -0.493 e. The van der Waals surface area contributed by atoms with Crippen LogP contribution in [0.15, 0.2) is 47.4 Å². The summed E-state index contributed by atoms with van der Waals surface area (Å²) in [4.78, 5) is 0.308. The molecule has 0 fully saturated rings. The second kappa shape index (κ2) is 7.68. The standard InChI is InChI=1S/C18H23NO4S/c1-14-5-8-16(9-6-14)24(20,21)19(2)12-11-15-7-10-17(22-3)18(13-15)23-4/h5-10,13H,11-12H2,1-4H3. The molecule has 0 saturated carbocycles. The summed E-state index contributed by atoms with van der Waals surface area (Å²) in [5, 5.41) is 0. The van der Waals surface area contributed by atoms with Crippen molar-refractivity contribution in [3.63, 3.8) is 0 Å². The predicted octanol–water partition coefficient (Wildman–Crippen LogP) is 2.88. The number of sulfonamides is 1. The lowest BCUT2D eigenvalue weighted by atomic mass is 10.1. The van der Waals surface area contributed by atoms with E-state index in [1.807, 2.05) is 25.1 Å². The van der Waals surface area contributed by atoms with Gasteiger partial charge in [-0.05, 0) is 43.2 Å². The Balaban J connectivity index is 2.09. The quantitative estimate of drug-likeness (QED) is 0.771. The molecule has 0 N–H and O–H groups in total. The molecule has 0 spiro atoms. The highest BCUT2D eigenvalue weighted by Crippen LogP contribution is 2.28. The molecule has 130 valence electrons. The van der Waals surface area contributed by atoms with Gasteiger partial charge in [-0.1, -0.05) is 23.8 Å². The lowest BCUT2D eigenvalue weighted by Crippen LogP contribution is -2.29. The lowest BCUT2D eigenvalue weighted by molar-refractivity contribution is 0.354. The molecule has 0 atom stereocenters. The average molecular weight is 349 g/mol. The molecule has 0 amide bonds. The van der Waals surface area contributed by atoms with Crippen molar-refractivity contribution in [1.82, 2.24) is 4.31 Å². The van der Waals surface area contributed by atoms with E-state index in [1.54, 1.807) is 45.5 Å². The monoisotopic (exact) mass is 349 g/mol. The maximum Gasteiger partial charge on any atom is 0.242 e. The fourth-order valence-corrected chi connectivity index (χ4v) is 3.50. The van der Waals surface area contributed by atoms with E-state index in [0.29, 0.717) is 29.4 Å². The van der Waals surface area contributed by atoms with Crippen molar-refractivity contribution in [1.29, 1.82) is 0 Å². The molecule has 0 aliphatic rings. The molecule has 6 heteroatoms. The number of nitrogens with zero attached hydrogens (tertiary/aromatic N) is 1. The van der Waals surface area contributed by atoms with Crippen molar-refractivity contribution in [3.05, 3.63) is 53.6 Å². The fourth-order valence-electron chi connectivity index (χ4n) is 2.33. The minimum absolute atomic E-state index is 0.308. The van der Waals surface area contributed by atoms with Crippen LogP contribution in [-0.4, -0.2) is 40.5 Å². The Morgan fingerprint density at radius 2 is 1.58 bits per heavy atom. The second-order valence-corrected chi connectivity index (χ2v) is 7.62. The van der Waals surface area contributed by atoms with Gasteiger partial charge in [0.1, 0.15) is 0 Å². The molecule has 24 heavy (non-hydrogen) atoms. The highest BCUT2D eigenvalue weighted by atomic mass is 32.2. The number of rotatable bonds is 7. The van der Waals surface area contributed by atoms with Crippen LogP contribution in [0.4, 0.5) is 0 Å². The minimum atomic E-state index is -3.48. The van der Waals surface area contributed by atoms with E-state index in [2.05, 4.69) is 0 Å². The van der Waals surface area contributed by atoms with Gasteiger partial charge in [0, 0.05) is 13.6 Å². The molecule has 2 aromatic rings. The van der Waals surface area contributed by atoms with Gasteiger partial charge in [0.25, 0.3) is 0 Å². The van der Waals surface area contributed by atoms with Crippen LogP contribution in [0.2, 0.25) is 0 Å². The third-order valence-corrected chi connectivity index (χ3v) is 5.76. The topological polar surface area (TPSA) is 55.8 Å². The van der Waals surface area contributed by atoms with Crippen molar-refractivity contribution in [3.8, 4) is 11.5 Å². The Morgan fingerprint density at radius 1 is 0.958 bits per heavy atom. The zero-order chi connectivity index (χ0) is 17.7. The summed E-state index contributed by atoms with van der Waals surface area (Å²) in [7, 11) is 1.28. The van der Waals surface area contributed by atoms with Gasteiger partial charge in [-0.25, -0.2) is 12.7 Å². The summed E-state index contributed by atoms with van der Waals surface area (Å²) in [6, 6.07) is 12.5. The van der Waals surface area contributed by atoms with Crippen molar-refractivity contribution >= 4 is 10.0 Å². The van der Waals surface area contributed by atoms with Crippen LogP contribution in [-0.2, 0) is 16.4 Å². The molecule has 0 heterocycles. The first kappa shape index (κ1) is 18.3. The van der Waals surface area contributed by atoms with Crippen LogP contribution in [0.25, 0.3) is 0 Å². The molecule has 2 aromatic carbocycles. The molecule has 0 aromatic heterocycles. The summed E-state index contributed by atoms with van der Waals surface area (Å²) >= 11 is 0. The van der Waals surface area contributed by atoms with Gasteiger partial charge < -0.3 is 9.47 Å². The summed E-state index contributed by atoms with van der Waals surface area (Å²) in [6.45, 7) is 2.31. The number of aryl methyl sites for hydroxylation is 1. The fraction of sp³-hybridized carbons (Fsp3) is 0.333. The summed E-state index contributed by atoms with van der Waals surface area (Å²) in [6.07, 6.45) is 0.585. The molecule has 0 radical (unpaired) electrons. The molecular formula is C18H23NO4S. The molecular weight excluding hydrogens is 326 g/mol. The van der Waals surface area contributed by atoms with Crippen molar-refractivity contribution < 1.29 is 17.9 Å².